The smallest absolute Gasteiger partial charge is 0.166 e. The van der Waals surface area contributed by atoms with Crippen LogP contribution in [0.15, 0.2) is 11.4 Å². The van der Waals surface area contributed by atoms with Crippen molar-refractivity contribution in [3.05, 3.63) is 23.0 Å². The summed E-state index contributed by atoms with van der Waals surface area (Å²) in [5.74, 6) is -0.269. The van der Waals surface area contributed by atoms with Crippen molar-refractivity contribution in [3.8, 4) is 0 Å². The number of thiophene rings is 1. The summed E-state index contributed by atoms with van der Waals surface area (Å²) in [4.78, 5) is 13.7. The zero-order valence-electron chi connectivity index (χ0n) is 5.43. The van der Waals surface area contributed by atoms with E-state index >= 15 is 0 Å². The molecule has 2 aromatic rings. The Hall–Kier alpha value is -1.16. The third kappa shape index (κ3) is 0.867. The molecule has 2 nitrogen and oxygen atoms in total. The topological polar surface area (TPSA) is 32.9 Å². The van der Waals surface area contributed by atoms with Crippen molar-refractivity contribution in [3.63, 3.8) is 0 Å². The molecule has 0 spiro atoms. The highest BCUT2D eigenvalue weighted by atomic mass is 32.1. The molecule has 0 aliphatic heterocycles. The number of H-pyrrole nitrogens is 1. The minimum atomic E-state index is -0.269. The summed E-state index contributed by atoms with van der Waals surface area (Å²) >= 11 is 1.26. The van der Waals surface area contributed by atoms with E-state index in [1.54, 1.807) is 0 Å². The van der Waals surface area contributed by atoms with E-state index in [-0.39, 0.29) is 5.82 Å². The first kappa shape index (κ1) is 6.54. The van der Waals surface area contributed by atoms with Crippen LogP contribution < -0.4 is 0 Å². The van der Waals surface area contributed by atoms with Gasteiger partial charge in [0, 0.05) is 10.8 Å². The van der Waals surface area contributed by atoms with Crippen LogP contribution in [0.5, 0.6) is 0 Å². The Morgan fingerprint density at radius 1 is 1.64 bits per heavy atom. The van der Waals surface area contributed by atoms with Crippen LogP contribution in [0.1, 0.15) is 10.5 Å². The van der Waals surface area contributed by atoms with E-state index in [4.69, 9.17) is 0 Å². The quantitative estimate of drug-likeness (QED) is 0.652. The van der Waals surface area contributed by atoms with Gasteiger partial charge in [0.15, 0.2) is 6.29 Å². The minimum absolute atomic E-state index is 0.269. The van der Waals surface area contributed by atoms with Crippen molar-refractivity contribution in [1.82, 2.24) is 4.98 Å². The summed E-state index contributed by atoms with van der Waals surface area (Å²) in [5.41, 5.74) is 0.422. The minimum Gasteiger partial charge on any atom is -0.344 e. The summed E-state index contributed by atoms with van der Waals surface area (Å²) in [5, 5.41) is 1.91. The van der Waals surface area contributed by atoms with Crippen LogP contribution in [0.4, 0.5) is 4.39 Å². The first-order valence-electron chi connectivity index (χ1n) is 3.02. The van der Waals surface area contributed by atoms with Gasteiger partial charge in [-0.3, -0.25) is 4.79 Å². The number of nitrogens with one attached hydrogen (secondary N) is 1. The molecule has 0 fully saturated rings. The third-order valence-corrected chi connectivity index (χ3v) is 2.35. The van der Waals surface area contributed by atoms with Crippen molar-refractivity contribution in [2.45, 2.75) is 0 Å². The normalized spacial score (nSPS) is 10.6. The zero-order chi connectivity index (χ0) is 7.84. The van der Waals surface area contributed by atoms with Crippen LogP contribution in [0.3, 0.4) is 0 Å². The van der Waals surface area contributed by atoms with E-state index < -0.39 is 0 Å². The molecule has 4 heteroatoms. The van der Waals surface area contributed by atoms with Crippen molar-refractivity contribution in [2.24, 2.45) is 0 Å². The number of carbonyl (C=O) groups excluding carboxylic acids is 1. The van der Waals surface area contributed by atoms with E-state index in [1.165, 1.54) is 22.8 Å². The first-order valence-corrected chi connectivity index (χ1v) is 3.90. The lowest BCUT2D eigenvalue weighted by Gasteiger charge is -1.74. The van der Waals surface area contributed by atoms with Crippen molar-refractivity contribution >= 4 is 27.8 Å². The fourth-order valence-corrected chi connectivity index (χ4v) is 1.77. The van der Waals surface area contributed by atoms with Gasteiger partial charge in [-0.1, -0.05) is 0 Å². The summed E-state index contributed by atoms with van der Waals surface area (Å²) < 4.78 is 12.8. The standard InChI is InChI=1S/C7H4FNOS/c8-6-3-11-7-5(6)1-4(2-10)9-7/h1-3,9H. The van der Waals surface area contributed by atoms with Gasteiger partial charge < -0.3 is 4.98 Å². The highest BCUT2D eigenvalue weighted by Crippen LogP contribution is 2.24. The first-order chi connectivity index (χ1) is 5.31. The average Bonchev–Trinajstić information content (AvgIpc) is 2.53. The Morgan fingerprint density at radius 2 is 2.45 bits per heavy atom. The van der Waals surface area contributed by atoms with Gasteiger partial charge in [0.1, 0.15) is 10.6 Å². The summed E-state index contributed by atoms with van der Waals surface area (Å²) in [6.45, 7) is 0. The predicted octanol–water partition coefficient (Wildman–Crippen LogP) is 2.18. The molecule has 0 saturated heterocycles. The number of hydrogen-bond acceptors (Lipinski definition) is 2. The van der Waals surface area contributed by atoms with Gasteiger partial charge in [-0.05, 0) is 6.07 Å². The van der Waals surface area contributed by atoms with Gasteiger partial charge in [-0.2, -0.15) is 0 Å². The van der Waals surface area contributed by atoms with Crippen LogP contribution in [-0.4, -0.2) is 11.3 Å². The number of aromatic nitrogens is 1. The van der Waals surface area contributed by atoms with Gasteiger partial charge in [0.25, 0.3) is 0 Å². The van der Waals surface area contributed by atoms with E-state index in [9.17, 15) is 9.18 Å². The monoisotopic (exact) mass is 169 g/mol. The van der Waals surface area contributed by atoms with E-state index in [2.05, 4.69) is 4.98 Å². The summed E-state index contributed by atoms with van der Waals surface area (Å²) in [6, 6.07) is 1.51. The number of carbonyl (C=O) groups is 1. The lowest BCUT2D eigenvalue weighted by atomic mass is 10.4. The highest BCUT2D eigenvalue weighted by molar-refractivity contribution is 7.16. The molecule has 0 aromatic carbocycles. The number of aldehydes is 1. The largest absolute Gasteiger partial charge is 0.344 e. The number of aromatic amines is 1. The number of hydrogen-bond donors (Lipinski definition) is 1. The van der Waals surface area contributed by atoms with Crippen LogP contribution in [0.25, 0.3) is 10.2 Å². The summed E-state index contributed by atoms with van der Waals surface area (Å²) in [7, 11) is 0. The molecule has 0 amide bonds. The molecule has 0 bridgehead atoms. The van der Waals surface area contributed by atoms with Gasteiger partial charge in [-0.25, -0.2) is 4.39 Å². The fourth-order valence-electron chi connectivity index (χ4n) is 0.964. The maximum atomic E-state index is 12.8. The van der Waals surface area contributed by atoms with Gasteiger partial charge in [0.2, 0.25) is 0 Å². The Bertz CT molecular complexity index is 403. The number of halogens is 1. The molecule has 2 aromatic heterocycles. The molecule has 0 radical (unpaired) electrons. The number of rotatable bonds is 1. The second kappa shape index (κ2) is 2.17. The molecular weight excluding hydrogens is 165 g/mol. The molecule has 11 heavy (non-hydrogen) atoms. The molecule has 0 aliphatic rings. The fraction of sp³-hybridized carbons (Fsp3) is 0. The second-order valence-electron chi connectivity index (χ2n) is 2.17. The Balaban J connectivity index is 2.79. The van der Waals surface area contributed by atoms with Crippen LogP contribution in [-0.2, 0) is 0 Å². The third-order valence-electron chi connectivity index (χ3n) is 1.47. The summed E-state index contributed by atoms with van der Waals surface area (Å²) in [6.07, 6.45) is 0.673. The molecule has 56 valence electrons. The molecule has 2 heterocycles. The molecule has 0 atom stereocenters. The predicted molar refractivity (Wildman–Crippen MR) is 41.5 cm³/mol. The van der Waals surface area contributed by atoms with Gasteiger partial charge in [0.05, 0.1) is 5.69 Å². The Morgan fingerprint density at radius 3 is 3.09 bits per heavy atom. The SMILES string of the molecule is O=Cc1cc2c(F)csc2[nH]1. The molecule has 2 rings (SSSR count). The van der Waals surface area contributed by atoms with Crippen molar-refractivity contribution < 1.29 is 9.18 Å². The maximum absolute atomic E-state index is 12.8. The molecule has 0 saturated carbocycles. The lowest BCUT2D eigenvalue weighted by molar-refractivity contribution is 0.112. The van der Waals surface area contributed by atoms with E-state index in [0.717, 1.165) is 0 Å². The zero-order valence-corrected chi connectivity index (χ0v) is 6.24. The van der Waals surface area contributed by atoms with Crippen LogP contribution in [0.2, 0.25) is 0 Å². The second-order valence-corrected chi connectivity index (χ2v) is 3.05. The van der Waals surface area contributed by atoms with Crippen LogP contribution in [0, 0.1) is 5.82 Å². The molecule has 1 N–H and O–H groups in total. The molecule has 0 unspecified atom stereocenters. The van der Waals surface area contributed by atoms with E-state index in [0.29, 0.717) is 22.2 Å². The Labute approximate surface area is 65.7 Å². The maximum Gasteiger partial charge on any atom is 0.166 e. The molecular formula is C7H4FNOS. The Kier molecular flexibility index (Phi) is 1.29. The van der Waals surface area contributed by atoms with Crippen molar-refractivity contribution in [2.75, 3.05) is 0 Å². The highest BCUT2D eigenvalue weighted by Gasteiger charge is 2.05. The van der Waals surface area contributed by atoms with E-state index in [1.807, 2.05) is 0 Å². The molecule has 0 aliphatic carbocycles. The number of fused-ring (bicyclic) bond motifs is 1. The van der Waals surface area contributed by atoms with Gasteiger partial charge in [-0.15, -0.1) is 11.3 Å². The van der Waals surface area contributed by atoms with Crippen LogP contribution >= 0.6 is 11.3 Å². The average molecular weight is 169 g/mol. The van der Waals surface area contributed by atoms with Gasteiger partial charge >= 0.3 is 0 Å². The van der Waals surface area contributed by atoms with Crippen molar-refractivity contribution in [1.29, 1.82) is 0 Å². The lowest BCUT2D eigenvalue weighted by Crippen LogP contribution is -1.73.